The van der Waals surface area contributed by atoms with Crippen LogP contribution in [0.4, 0.5) is 10.5 Å². The summed E-state index contributed by atoms with van der Waals surface area (Å²) in [6.07, 6.45) is 5.05. The van der Waals surface area contributed by atoms with Gasteiger partial charge < -0.3 is 25.3 Å². The van der Waals surface area contributed by atoms with Crippen LogP contribution in [0.3, 0.4) is 0 Å². The van der Waals surface area contributed by atoms with E-state index in [2.05, 4.69) is 20.6 Å². The molecule has 0 spiro atoms. The molecular formula is C19H25N5O3. The zero-order valence-corrected chi connectivity index (χ0v) is 15.6. The highest BCUT2D eigenvalue weighted by atomic mass is 16.6. The number of rotatable bonds is 5. The lowest BCUT2D eigenvalue weighted by atomic mass is 9.74. The number of aromatic amines is 1. The smallest absolute Gasteiger partial charge is 0.410 e. The fourth-order valence-electron chi connectivity index (χ4n) is 3.22. The molecule has 1 aromatic carbocycles. The van der Waals surface area contributed by atoms with Crippen molar-refractivity contribution in [1.29, 1.82) is 0 Å². The summed E-state index contributed by atoms with van der Waals surface area (Å²) >= 11 is 0. The van der Waals surface area contributed by atoms with Gasteiger partial charge in [-0.1, -0.05) is 6.07 Å². The fourth-order valence-corrected chi connectivity index (χ4v) is 3.22. The van der Waals surface area contributed by atoms with Crippen molar-refractivity contribution in [2.24, 2.45) is 5.41 Å². The standard InChI is InChI=1S/C19H25N5O3/c1-24(2)18(26)27-16-5-3-4-14(10-16)23-17(25)19(6-8-20-9-7-19)11-15-12-21-13-22-15/h3-5,10,12-13,20H,6-9,11H2,1-2H3,(H,21,22)(H,23,25). The van der Waals surface area contributed by atoms with E-state index in [0.717, 1.165) is 31.6 Å². The maximum Gasteiger partial charge on any atom is 0.414 e. The number of benzene rings is 1. The maximum absolute atomic E-state index is 13.2. The summed E-state index contributed by atoms with van der Waals surface area (Å²) in [4.78, 5) is 33.5. The predicted octanol–water partition coefficient (Wildman–Crippen LogP) is 2.02. The normalized spacial score (nSPS) is 15.8. The molecule has 27 heavy (non-hydrogen) atoms. The van der Waals surface area contributed by atoms with Crippen LogP contribution in [-0.2, 0) is 11.2 Å². The summed E-state index contributed by atoms with van der Waals surface area (Å²) in [7, 11) is 3.23. The number of H-pyrrole nitrogens is 1. The maximum atomic E-state index is 13.2. The molecule has 0 saturated carbocycles. The van der Waals surface area contributed by atoms with Crippen molar-refractivity contribution in [3.05, 3.63) is 42.5 Å². The zero-order valence-electron chi connectivity index (χ0n) is 15.6. The van der Waals surface area contributed by atoms with Crippen LogP contribution in [0.5, 0.6) is 5.75 Å². The lowest BCUT2D eigenvalue weighted by Gasteiger charge is -2.35. The lowest BCUT2D eigenvalue weighted by molar-refractivity contribution is -0.127. The van der Waals surface area contributed by atoms with Crippen LogP contribution < -0.4 is 15.4 Å². The van der Waals surface area contributed by atoms with E-state index in [1.165, 1.54) is 4.90 Å². The van der Waals surface area contributed by atoms with E-state index in [1.54, 1.807) is 44.7 Å². The molecule has 2 heterocycles. The quantitative estimate of drug-likeness (QED) is 0.747. The molecule has 0 unspecified atom stereocenters. The topological polar surface area (TPSA) is 99.4 Å². The van der Waals surface area contributed by atoms with Gasteiger partial charge >= 0.3 is 6.09 Å². The van der Waals surface area contributed by atoms with Crippen LogP contribution in [0.15, 0.2) is 36.8 Å². The molecule has 2 amide bonds. The molecule has 8 heteroatoms. The van der Waals surface area contributed by atoms with E-state index in [4.69, 9.17) is 4.74 Å². The predicted molar refractivity (Wildman–Crippen MR) is 102 cm³/mol. The first-order valence-electron chi connectivity index (χ1n) is 8.98. The van der Waals surface area contributed by atoms with Crippen molar-refractivity contribution in [3.63, 3.8) is 0 Å². The number of carbonyl (C=O) groups excluding carboxylic acids is 2. The fraction of sp³-hybridized carbons (Fsp3) is 0.421. The molecule has 144 valence electrons. The molecule has 1 saturated heterocycles. The minimum Gasteiger partial charge on any atom is -0.410 e. The van der Waals surface area contributed by atoms with Crippen LogP contribution in [0.25, 0.3) is 0 Å². The highest BCUT2D eigenvalue weighted by Gasteiger charge is 2.40. The summed E-state index contributed by atoms with van der Waals surface area (Å²) in [5.41, 5.74) is 0.959. The molecule has 0 bridgehead atoms. The molecule has 1 aliphatic heterocycles. The number of ether oxygens (including phenoxy) is 1. The number of piperidine rings is 1. The Morgan fingerprint density at radius 3 is 2.74 bits per heavy atom. The number of hydrogen-bond acceptors (Lipinski definition) is 5. The van der Waals surface area contributed by atoms with Crippen molar-refractivity contribution in [2.45, 2.75) is 19.3 Å². The van der Waals surface area contributed by atoms with Gasteiger partial charge in [-0.05, 0) is 38.1 Å². The largest absolute Gasteiger partial charge is 0.414 e. The zero-order chi connectivity index (χ0) is 19.3. The highest BCUT2D eigenvalue weighted by molar-refractivity contribution is 5.95. The van der Waals surface area contributed by atoms with Gasteiger partial charge in [0.1, 0.15) is 5.75 Å². The monoisotopic (exact) mass is 371 g/mol. The van der Waals surface area contributed by atoms with Crippen LogP contribution in [-0.4, -0.2) is 54.1 Å². The van der Waals surface area contributed by atoms with E-state index in [-0.39, 0.29) is 5.91 Å². The Hall–Kier alpha value is -2.87. The van der Waals surface area contributed by atoms with Crippen LogP contribution >= 0.6 is 0 Å². The van der Waals surface area contributed by atoms with Gasteiger partial charge in [0.25, 0.3) is 0 Å². The van der Waals surface area contributed by atoms with Crippen LogP contribution in [0.1, 0.15) is 18.5 Å². The van der Waals surface area contributed by atoms with Gasteiger partial charge in [-0.2, -0.15) is 0 Å². The van der Waals surface area contributed by atoms with Gasteiger partial charge in [-0.25, -0.2) is 9.78 Å². The first-order chi connectivity index (χ1) is 13.0. The number of hydrogen-bond donors (Lipinski definition) is 3. The average molecular weight is 371 g/mol. The van der Waals surface area contributed by atoms with Crippen LogP contribution in [0, 0.1) is 5.41 Å². The van der Waals surface area contributed by atoms with Gasteiger partial charge in [-0.3, -0.25) is 4.79 Å². The number of aromatic nitrogens is 2. The SMILES string of the molecule is CN(C)C(=O)Oc1cccc(NC(=O)C2(Cc3c[nH]cn3)CCNCC2)c1. The van der Waals surface area contributed by atoms with Crippen molar-refractivity contribution >= 4 is 17.7 Å². The molecule has 1 aromatic heterocycles. The first-order valence-corrected chi connectivity index (χ1v) is 8.98. The second kappa shape index (κ2) is 8.22. The third-order valence-corrected chi connectivity index (χ3v) is 4.78. The third kappa shape index (κ3) is 4.65. The second-order valence-electron chi connectivity index (χ2n) is 7.01. The summed E-state index contributed by atoms with van der Waals surface area (Å²) in [5, 5.41) is 6.31. The molecule has 0 aliphatic carbocycles. The first kappa shape index (κ1) is 18.9. The van der Waals surface area contributed by atoms with E-state index < -0.39 is 11.5 Å². The number of nitrogens with one attached hydrogen (secondary N) is 3. The van der Waals surface area contributed by atoms with E-state index in [9.17, 15) is 9.59 Å². The molecule has 2 aromatic rings. The lowest BCUT2D eigenvalue weighted by Crippen LogP contribution is -2.46. The average Bonchev–Trinajstić information content (AvgIpc) is 3.15. The van der Waals surface area contributed by atoms with E-state index in [1.807, 2.05) is 6.20 Å². The highest BCUT2D eigenvalue weighted by Crippen LogP contribution is 2.34. The Labute approximate surface area is 158 Å². The van der Waals surface area contributed by atoms with Crippen LogP contribution in [0.2, 0.25) is 0 Å². The molecule has 3 rings (SSSR count). The molecular weight excluding hydrogens is 346 g/mol. The van der Waals surface area contributed by atoms with Crippen molar-refractivity contribution < 1.29 is 14.3 Å². The summed E-state index contributed by atoms with van der Waals surface area (Å²) in [5.74, 6) is 0.348. The summed E-state index contributed by atoms with van der Waals surface area (Å²) < 4.78 is 5.27. The number of anilines is 1. The van der Waals surface area contributed by atoms with Gasteiger partial charge in [0.15, 0.2) is 0 Å². The number of amides is 2. The Bertz CT molecular complexity index is 782. The molecule has 1 aliphatic rings. The summed E-state index contributed by atoms with van der Waals surface area (Å²) in [6.45, 7) is 1.58. The Kier molecular flexibility index (Phi) is 5.75. The molecule has 8 nitrogen and oxygen atoms in total. The molecule has 0 atom stereocenters. The van der Waals surface area contributed by atoms with Crippen molar-refractivity contribution in [1.82, 2.24) is 20.2 Å². The number of nitrogens with zero attached hydrogens (tertiary/aromatic N) is 2. The minimum atomic E-state index is -0.517. The number of imidazole rings is 1. The molecule has 1 fully saturated rings. The molecule has 0 radical (unpaired) electrons. The molecule has 3 N–H and O–H groups in total. The van der Waals surface area contributed by atoms with Gasteiger partial charge in [0.2, 0.25) is 5.91 Å². The second-order valence-corrected chi connectivity index (χ2v) is 7.01. The van der Waals surface area contributed by atoms with Gasteiger partial charge in [0, 0.05) is 38.5 Å². The number of carbonyl (C=O) groups is 2. The Balaban J connectivity index is 1.74. The van der Waals surface area contributed by atoms with Gasteiger partial charge in [0.05, 0.1) is 17.4 Å². The Morgan fingerprint density at radius 2 is 2.07 bits per heavy atom. The van der Waals surface area contributed by atoms with Gasteiger partial charge in [-0.15, -0.1) is 0 Å². The minimum absolute atomic E-state index is 0.0388. The third-order valence-electron chi connectivity index (χ3n) is 4.78. The van der Waals surface area contributed by atoms with Crippen molar-refractivity contribution in [2.75, 3.05) is 32.5 Å². The Morgan fingerprint density at radius 1 is 1.30 bits per heavy atom. The summed E-state index contributed by atoms with van der Waals surface area (Å²) in [6, 6.07) is 6.87. The van der Waals surface area contributed by atoms with Crippen molar-refractivity contribution in [3.8, 4) is 5.75 Å². The van der Waals surface area contributed by atoms with E-state index in [0.29, 0.717) is 17.9 Å². The van der Waals surface area contributed by atoms with E-state index >= 15 is 0 Å².